The number of nitrogens with zero attached hydrogens (tertiary/aromatic N) is 2. The molecule has 2 aliphatic rings. The van der Waals surface area contributed by atoms with Gasteiger partial charge in [-0.15, -0.1) is 11.3 Å². The SMILES string of the molecule is Cc1ccc(CN2CC(=O)N3CCCCC3C2=O)s1. The molecule has 0 N–H and O–H groups in total. The molecule has 3 rings (SSSR count). The number of piperidine rings is 1. The second-order valence-electron chi connectivity index (χ2n) is 5.31. The number of hydrogen-bond donors (Lipinski definition) is 0. The molecule has 2 aliphatic heterocycles. The standard InChI is InChI=1S/C14H18N2O2S/c1-10-5-6-11(19-10)8-15-9-13(17)16-7-3-2-4-12(16)14(15)18/h5-6,12H,2-4,7-9H2,1H3. The molecule has 3 heterocycles. The van der Waals surface area contributed by atoms with Crippen molar-refractivity contribution in [3.63, 3.8) is 0 Å². The molecule has 2 fully saturated rings. The maximum Gasteiger partial charge on any atom is 0.246 e. The Bertz CT molecular complexity index is 511. The third-order valence-electron chi connectivity index (χ3n) is 3.89. The quantitative estimate of drug-likeness (QED) is 0.827. The van der Waals surface area contributed by atoms with Crippen LogP contribution in [0.15, 0.2) is 12.1 Å². The first-order valence-corrected chi connectivity index (χ1v) is 7.60. The molecule has 1 unspecified atom stereocenters. The molecule has 0 saturated carbocycles. The fourth-order valence-corrected chi connectivity index (χ4v) is 3.83. The predicted octanol–water partition coefficient (Wildman–Crippen LogP) is 1.78. The highest BCUT2D eigenvalue weighted by molar-refractivity contribution is 7.11. The van der Waals surface area contributed by atoms with Crippen molar-refractivity contribution in [1.29, 1.82) is 0 Å². The number of thiophene rings is 1. The lowest BCUT2D eigenvalue weighted by atomic mass is 9.98. The monoisotopic (exact) mass is 278 g/mol. The average Bonchev–Trinajstić information content (AvgIpc) is 2.81. The molecule has 2 amide bonds. The number of amides is 2. The summed E-state index contributed by atoms with van der Waals surface area (Å²) in [5, 5.41) is 0. The van der Waals surface area contributed by atoms with E-state index in [9.17, 15) is 9.59 Å². The molecule has 1 aromatic rings. The van der Waals surface area contributed by atoms with Crippen LogP contribution < -0.4 is 0 Å². The topological polar surface area (TPSA) is 40.6 Å². The first-order valence-electron chi connectivity index (χ1n) is 6.79. The van der Waals surface area contributed by atoms with Crippen molar-refractivity contribution in [2.24, 2.45) is 0 Å². The molecule has 1 atom stereocenters. The van der Waals surface area contributed by atoms with Gasteiger partial charge in [-0.05, 0) is 38.3 Å². The maximum absolute atomic E-state index is 12.5. The highest BCUT2D eigenvalue weighted by Gasteiger charge is 2.40. The van der Waals surface area contributed by atoms with E-state index in [-0.39, 0.29) is 24.4 Å². The molecule has 1 aromatic heterocycles. The number of carbonyl (C=O) groups excluding carboxylic acids is 2. The van der Waals surface area contributed by atoms with E-state index >= 15 is 0 Å². The van der Waals surface area contributed by atoms with Crippen molar-refractivity contribution in [3.8, 4) is 0 Å². The maximum atomic E-state index is 12.5. The zero-order valence-corrected chi connectivity index (χ0v) is 11.9. The summed E-state index contributed by atoms with van der Waals surface area (Å²) in [6.45, 7) is 3.63. The van der Waals surface area contributed by atoms with E-state index in [0.29, 0.717) is 6.54 Å². The smallest absolute Gasteiger partial charge is 0.246 e. The molecular formula is C14H18N2O2S. The molecule has 4 nitrogen and oxygen atoms in total. The first-order chi connectivity index (χ1) is 9.15. The lowest BCUT2D eigenvalue weighted by Crippen LogP contribution is -2.60. The molecule has 0 bridgehead atoms. The summed E-state index contributed by atoms with van der Waals surface area (Å²) in [6, 6.07) is 3.91. The Hall–Kier alpha value is -1.36. The van der Waals surface area contributed by atoms with Gasteiger partial charge in [-0.25, -0.2) is 0 Å². The van der Waals surface area contributed by atoms with Gasteiger partial charge in [0.25, 0.3) is 0 Å². The van der Waals surface area contributed by atoms with Gasteiger partial charge in [-0.1, -0.05) is 0 Å². The Morgan fingerprint density at radius 1 is 1.32 bits per heavy atom. The molecule has 0 aromatic carbocycles. The van der Waals surface area contributed by atoms with Crippen LogP contribution in [-0.2, 0) is 16.1 Å². The van der Waals surface area contributed by atoms with Crippen molar-refractivity contribution >= 4 is 23.2 Å². The number of rotatable bonds is 2. The van der Waals surface area contributed by atoms with Gasteiger partial charge in [0.2, 0.25) is 11.8 Å². The first kappa shape index (κ1) is 12.7. The predicted molar refractivity (Wildman–Crippen MR) is 73.8 cm³/mol. The van der Waals surface area contributed by atoms with Crippen LogP contribution in [0.25, 0.3) is 0 Å². The van der Waals surface area contributed by atoms with Crippen LogP contribution in [0.5, 0.6) is 0 Å². The second-order valence-corrected chi connectivity index (χ2v) is 6.68. The van der Waals surface area contributed by atoms with Gasteiger partial charge in [-0.3, -0.25) is 9.59 Å². The Morgan fingerprint density at radius 2 is 2.16 bits per heavy atom. The highest BCUT2D eigenvalue weighted by Crippen LogP contribution is 2.25. The van der Waals surface area contributed by atoms with E-state index in [2.05, 4.69) is 13.0 Å². The Labute approximate surface area is 117 Å². The van der Waals surface area contributed by atoms with E-state index in [4.69, 9.17) is 0 Å². The molecule has 0 spiro atoms. The minimum Gasteiger partial charge on any atom is -0.329 e. The average molecular weight is 278 g/mol. The van der Waals surface area contributed by atoms with E-state index in [1.54, 1.807) is 21.1 Å². The summed E-state index contributed by atoms with van der Waals surface area (Å²) in [7, 11) is 0. The lowest BCUT2D eigenvalue weighted by Gasteiger charge is -2.42. The summed E-state index contributed by atoms with van der Waals surface area (Å²) in [5.74, 6) is 0.239. The van der Waals surface area contributed by atoms with Crippen molar-refractivity contribution in [1.82, 2.24) is 9.80 Å². The summed E-state index contributed by atoms with van der Waals surface area (Å²) >= 11 is 1.70. The van der Waals surface area contributed by atoms with Crippen LogP contribution in [0.3, 0.4) is 0 Å². The van der Waals surface area contributed by atoms with Gasteiger partial charge in [0.05, 0.1) is 6.54 Å². The van der Waals surface area contributed by atoms with Crippen LogP contribution in [0.4, 0.5) is 0 Å². The number of piperazine rings is 1. The van der Waals surface area contributed by atoms with Crippen LogP contribution in [0.1, 0.15) is 29.0 Å². The van der Waals surface area contributed by atoms with Crippen LogP contribution in [0.2, 0.25) is 0 Å². The Balaban J connectivity index is 1.75. The zero-order valence-electron chi connectivity index (χ0n) is 11.1. The molecule has 19 heavy (non-hydrogen) atoms. The van der Waals surface area contributed by atoms with E-state index < -0.39 is 0 Å². The molecule has 2 saturated heterocycles. The summed E-state index contributed by atoms with van der Waals surface area (Å²) < 4.78 is 0. The highest BCUT2D eigenvalue weighted by atomic mass is 32.1. The van der Waals surface area contributed by atoms with Crippen molar-refractivity contribution in [3.05, 3.63) is 21.9 Å². The number of fused-ring (bicyclic) bond motifs is 1. The third kappa shape index (κ3) is 2.39. The molecule has 0 radical (unpaired) electrons. The number of aryl methyl sites for hydroxylation is 1. The van der Waals surface area contributed by atoms with Gasteiger partial charge >= 0.3 is 0 Å². The molecule has 102 valence electrons. The normalized spacial score (nSPS) is 23.7. The van der Waals surface area contributed by atoms with Gasteiger partial charge in [0, 0.05) is 16.3 Å². The van der Waals surface area contributed by atoms with Gasteiger partial charge < -0.3 is 9.80 Å². The van der Waals surface area contributed by atoms with Crippen molar-refractivity contribution < 1.29 is 9.59 Å². The van der Waals surface area contributed by atoms with Crippen molar-refractivity contribution in [2.75, 3.05) is 13.1 Å². The fraction of sp³-hybridized carbons (Fsp3) is 0.571. The lowest BCUT2D eigenvalue weighted by molar-refractivity contribution is -0.158. The third-order valence-corrected chi connectivity index (χ3v) is 4.87. The van der Waals surface area contributed by atoms with Gasteiger partial charge in [0.15, 0.2) is 0 Å². The van der Waals surface area contributed by atoms with E-state index in [0.717, 1.165) is 30.7 Å². The van der Waals surface area contributed by atoms with Crippen LogP contribution in [-0.4, -0.2) is 40.7 Å². The van der Waals surface area contributed by atoms with E-state index in [1.165, 1.54) is 4.88 Å². The second kappa shape index (κ2) is 4.96. The minimum atomic E-state index is -0.198. The molecule has 5 heteroatoms. The van der Waals surface area contributed by atoms with Gasteiger partial charge in [0.1, 0.15) is 12.6 Å². The zero-order chi connectivity index (χ0) is 13.4. The summed E-state index contributed by atoms with van der Waals surface area (Å²) in [4.78, 5) is 30.5. The largest absolute Gasteiger partial charge is 0.329 e. The summed E-state index contributed by atoms with van der Waals surface area (Å²) in [6.07, 6.45) is 2.90. The van der Waals surface area contributed by atoms with Crippen LogP contribution in [0, 0.1) is 6.92 Å². The fourth-order valence-electron chi connectivity index (χ4n) is 2.92. The molecule has 0 aliphatic carbocycles. The number of carbonyl (C=O) groups is 2. The van der Waals surface area contributed by atoms with Crippen molar-refractivity contribution in [2.45, 2.75) is 38.8 Å². The number of hydrogen-bond acceptors (Lipinski definition) is 3. The van der Waals surface area contributed by atoms with Crippen LogP contribution >= 0.6 is 11.3 Å². The minimum absolute atomic E-state index is 0.109. The Kier molecular flexibility index (Phi) is 3.31. The summed E-state index contributed by atoms with van der Waals surface area (Å²) in [5.41, 5.74) is 0. The van der Waals surface area contributed by atoms with Gasteiger partial charge in [-0.2, -0.15) is 0 Å². The molecular weight excluding hydrogens is 260 g/mol. The van der Waals surface area contributed by atoms with E-state index in [1.807, 2.05) is 6.07 Å². The Morgan fingerprint density at radius 3 is 2.89 bits per heavy atom.